The molecule has 0 aliphatic heterocycles. The van der Waals surface area contributed by atoms with Gasteiger partial charge in [0.2, 0.25) is 0 Å². The van der Waals surface area contributed by atoms with E-state index >= 15 is 0 Å². The molecule has 0 saturated carbocycles. The standard InChI is InChI=1S/C18H16ClN3O3/c1-2-16-21-18(25-22-16)12-7-9-13(10-8-12)24-11-17(23)20-15-6-4-3-5-14(15)19/h3-10H,2,11H2,1H3,(H,20,23). The maximum absolute atomic E-state index is 11.9. The molecule has 0 atom stereocenters. The molecule has 1 N–H and O–H groups in total. The second-order valence-electron chi connectivity index (χ2n) is 5.21. The second kappa shape index (κ2) is 7.81. The summed E-state index contributed by atoms with van der Waals surface area (Å²) in [5.41, 5.74) is 1.34. The number of aryl methyl sites for hydroxylation is 1. The SMILES string of the molecule is CCc1noc(-c2ccc(OCC(=O)Nc3ccccc3Cl)cc2)n1. The van der Waals surface area contributed by atoms with Gasteiger partial charge in [-0.2, -0.15) is 4.98 Å². The summed E-state index contributed by atoms with van der Waals surface area (Å²) in [7, 11) is 0. The van der Waals surface area contributed by atoms with Crippen LogP contribution >= 0.6 is 11.6 Å². The highest BCUT2D eigenvalue weighted by Gasteiger charge is 2.09. The average molecular weight is 358 g/mol. The molecule has 0 aliphatic rings. The number of nitrogens with zero attached hydrogens (tertiary/aromatic N) is 2. The maximum Gasteiger partial charge on any atom is 0.262 e. The predicted molar refractivity (Wildman–Crippen MR) is 94.7 cm³/mol. The van der Waals surface area contributed by atoms with Crippen LogP contribution in [0.2, 0.25) is 5.02 Å². The number of carbonyl (C=O) groups is 1. The Labute approximate surface area is 149 Å². The van der Waals surface area contributed by atoms with Crippen LogP contribution in [0.15, 0.2) is 53.1 Å². The van der Waals surface area contributed by atoms with Crippen LogP contribution in [0.1, 0.15) is 12.7 Å². The van der Waals surface area contributed by atoms with Gasteiger partial charge in [-0.05, 0) is 36.4 Å². The Morgan fingerprint density at radius 3 is 2.64 bits per heavy atom. The lowest BCUT2D eigenvalue weighted by atomic mass is 10.2. The van der Waals surface area contributed by atoms with Crippen molar-refractivity contribution < 1.29 is 14.1 Å². The van der Waals surface area contributed by atoms with Crippen molar-refractivity contribution in [2.45, 2.75) is 13.3 Å². The lowest BCUT2D eigenvalue weighted by Crippen LogP contribution is -2.20. The summed E-state index contributed by atoms with van der Waals surface area (Å²) in [6, 6.07) is 14.1. The molecule has 3 rings (SSSR count). The minimum atomic E-state index is -0.290. The van der Waals surface area contributed by atoms with Crippen LogP contribution in [0.25, 0.3) is 11.5 Å². The van der Waals surface area contributed by atoms with E-state index in [0.29, 0.717) is 34.6 Å². The van der Waals surface area contributed by atoms with Gasteiger partial charge in [0.05, 0.1) is 10.7 Å². The number of anilines is 1. The fraction of sp³-hybridized carbons (Fsp3) is 0.167. The first-order chi connectivity index (χ1) is 12.2. The van der Waals surface area contributed by atoms with E-state index in [1.807, 2.05) is 6.92 Å². The zero-order chi connectivity index (χ0) is 17.6. The number of benzene rings is 2. The fourth-order valence-electron chi connectivity index (χ4n) is 2.11. The summed E-state index contributed by atoms with van der Waals surface area (Å²) in [6.45, 7) is 1.84. The monoisotopic (exact) mass is 357 g/mol. The van der Waals surface area contributed by atoms with Crippen LogP contribution in [0.3, 0.4) is 0 Å². The number of nitrogens with one attached hydrogen (secondary N) is 1. The molecule has 128 valence electrons. The van der Waals surface area contributed by atoms with Crippen LogP contribution in [-0.2, 0) is 11.2 Å². The van der Waals surface area contributed by atoms with Gasteiger partial charge in [0.1, 0.15) is 5.75 Å². The highest BCUT2D eigenvalue weighted by atomic mass is 35.5. The molecule has 0 aliphatic carbocycles. The zero-order valence-corrected chi connectivity index (χ0v) is 14.3. The molecule has 25 heavy (non-hydrogen) atoms. The number of aromatic nitrogens is 2. The van der Waals surface area contributed by atoms with Gasteiger partial charge in [-0.3, -0.25) is 4.79 Å². The normalized spacial score (nSPS) is 10.5. The summed E-state index contributed by atoms with van der Waals surface area (Å²) in [5.74, 6) is 1.39. The topological polar surface area (TPSA) is 77.2 Å². The molecule has 0 saturated heterocycles. The molecule has 0 unspecified atom stereocenters. The van der Waals surface area contributed by atoms with Crippen molar-refractivity contribution in [3.05, 3.63) is 59.4 Å². The quantitative estimate of drug-likeness (QED) is 0.722. The summed E-state index contributed by atoms with van der Waals surface area (Å²) in [4.78, 5) is 16.2. The van der Waals surface area contributed by atoms with E-state index in [9.17, 15) is 4.79 Å². The number of rotatable bonds is 6. The van der Waals surface area contributed by atoms with Gasteiger partial charge in [-0.25, -0.2) is 0 Å². The Hall–Kier alpha value is -2.86. The number of ether oxygens (including phenoxy) is 1. The molecule has 1 aromatic heterocycles. The molecule has 3 aromatic rings. The summed E-state index contributed by atoms with van der Waals surface area (Å²) >= 11 is 6.00. The summed E-state index contributed by atoms with van der Waals surface area (Å²) in [6.07, 6.45) is 0.714. The van der Waals surface area contributed by atoms with Crippen LogP contribution in [0.5, 0.6) is 5.75 Å². The van der Waals surface area contributed by atoms with Crippen molar-refractivity contribution >= 4 is 23.2 Å². The predicted octanol–water partition coefficient (Wildman–Crippen LogP) is 3.97. The number of carbonyl (C=O) groups excluding carboxylic acids is 1. The number of para-hydroxylation sites is 1. The van der Waals surface area contributed by atoms with Crippen molar-refractivity contribution in [1.29, 1.82) is 0 Å². The van der Waals surface area contributed by atoms with E-state index in [2.05, 4.69) is 15.5 Å². The Morgan fingerprint density at radius 2 is 1.96 bits per heavy atom. The smallest absolute Gasteiger partial charge is 0.262 e. The molecule has 6 nitrogen and oxygen atoms in total. The van der Waals surface area contributed by atoms with E-state index in [-0.39, 0.29) is 12.5 Å². The largest absolute Gasteiger partial charge is 0.484 e. The highest BCUT2D eigenvalue weighted by Crippen LogP contribution is 2.22. The van der Waals surface area contributed by atoms with Gasteiger partial charge in [0.15, 0.2) is 12.4 Å². The third-order valence-electron chi connectivity index (χ3n) is 3.40. The van der Waals surface area contributed by atoms with Crippen molar-refractivity contribution in [1.82, 2.24) is 10.1 Å². The van der Waals surface area contributed by atoms with E-state index in [1.165, 1.54) is 0 Å². The van der Waals surface area contributed by atoms with Gasteiger partial charge in [0.25, 0.3) is 11.8 Å². The van der Waals surface area contributed by atoms with Crippen LogP contribution in [-0.4, -0.2) is 22.7 Å². The maximum atomic E-state index is 11.9. The van der Waals surface area contributed by atoms with Gasteiger partial charge in [-0.15, -0.1) is 0 Å². The number of halogens is 1. The molecule has 7 heteroatoms. The Balaban J connectivity index is 1.56. The van der Waals surface area contributed by atoms with E-state index < -0.39 is 0 Å². The third kappa shape index (κ3) is 4.36. The zero-order valence-electron chi connectivity index (χ0n) is 13.5. The van der Waals surface area contributed by atoms with E-state index in [0.717, 1.165) is 5.56 Å². The summed E-state index contributed by atoms with van der Waals surface area (Å²) < 4.78 is 10.7. The second-order valence-corrected chi connectivity index (χ2v) is 5.62. The van der Waals surface area contributed by atoms with E-state index in [1.54, 1.807) is 48.5 Å². The Morgan fingerprint density at radius 1 is 1.20 bits per heavy atom. The molecule has 0 spiro atoms. The molecule has 0 bridgehead atoms. The number of hydrogen-bond donors (Lipinski definition) is 1. The highest BCUT2D eigenvalue weighted by molar-refractivity contribution is 6.33. The van der Waals surface area contributed by atoms with Crippen LogP contribution in [0, 0.1) is 0 Å². The molecular weight excluding hydrogens is 342 g/mol. The fourth-order valence-corrected chi connectivity index (χ4v) is 2.29. The molecule has 1 heterocycles. The van der Waals surface area contributed by atoms with Crippen molar-refractivity contribution in [3.63, 3.8) is 0 Å². The minimum absolute atomic E-state index is 0.120. The molecule has 0 fully saturated rings. The first-order valence-electron chi connectivity index (χ1n) is 7.76. The molecule has 0 radical (unpaired) electrons. The Bertz CT molecular complexity index is 862. The molecule has 2 aromatic carbocycles. The van der Waals surface area contributed by atoms with Crippen LogP contribution in [0.4, 0.5) is 5.69 Å². The number of hydrogen-bond acceptors (Lipinski definition) is 5. The first-order valence-corrected chi connectivity index (χ1v) is 8.13. The number of amides is 1. The lowest BCUT2D eigenvalue weighted by Gasteiger charge is -2.08. The molecule has 1 amide bonds. The van der Waals surface area contributed by atoms with Crippen molar-refractivity contribution in [3.8, 4) is 17.2 Å². The van der Waals surface area contributed by atoms with Gasteiger partial charge in [0, 0.05) is 12.0 Å². The third-order valence-corrected chi connectivity index (χ3v) is 3.73. The lowest BCUT2D eigenvalue weighted by molar-refractivity contribution is -0.118. The molecular formula is C18H16ClN3O3. The van der Waals surface area contributed by atoms with Crippen molar-refractivity contribution in [2.75, 3.05) is 11.9 Å². The van der Waals surface area contributed by atoms with E-state index in [4.69, 9.17) is 20.9 Å². The van der Waals surface area contributed by atoms with Gasteiger partial charge < -0.3 is 14.6 Å². The Kier molecular flexibility index (Phi) is 5.30. The van der Waals surface area contributed by atoms with Gasteiger partial charge >= 0.3 is 0 Å². The van der Waals surface area contributed by atoms with Crippen LogP contribution < -0.4 is 10.1 Å². The first kappa shape index (κ1) is 17.0. The average Bonchev–Trinajstić information content (AvgIpc) is 3.12. The van der Waals surface area contributed by atoms with Crippen molar-refractivity contribution in [2.24, 2.45) is 0 Å². The minimum Gasteiger partial charge on any atom is -0.484 e. The van der Waals surface area contributed by atoms with Gasteiger partial charge in [-0.1, -0.05) is 35.8 Å². The summed E-state index contributed by atoms with van der Waals surface area (Å²) in [5, 5.41) is 7.03.